The Morgan fingerprint density at radius 3 is 2.53 bits per heavy atom. The molecule has 1 unspecified atom stereocenters. The van der Waals surface area contributed by atoms with E-state index >= 15 is 0 Å². The van der Waals surface area contributed by atoms with Crippen LogP contribution in [0.5, 0.6) is 0 Å². The van der Waals surface area contributed by atoms with Gasteiger partial charge in [0, 0.05) is 13.1 Å². The number of carboxylic acids is 1. The van der Waals surface area contributed by atoms with Gasteiger partial charge in [-0.1, -0.05) is 27.2 Å². The van der Waals surface area contributed by atoms with Gasteiger partial charge in [-0.15, -0.1) is 0 Å². The van der Waals surface area contributed by atoms with Crippen LogP contribution in [-0.4, -0.2) is 41.0 Å². The zero-order chi connectivity index (χ0) is 14.6. The molecule has 0 saturated carbocycles. The number of carbonyl (C=O) groups excluding carboxylic acids is 1. The van der Waals surface area contributed by atoms with E-state index < -0.39 is 17.4 Å². The van der Waals surface area contributed by atoms with Crippen LogP contribution >= 0.6 is 0 Å². The summed E-state index contributed by atoms with van der Waals surface area (Å²) in [7, 11) is 0. The van der Waals surface area contributed by atoms with Gasteiger partial charge < -0.3 is 15.7 Å². The fraction of sp³-hybridized carbons (Fsp3) is 0.857. The standard InChI is InChI=1S/C14H26N2O3/c1-4-10(3)11(15)12(17)16-8-6-7-14(5-2,9-16)13(18)19/h10-11H,4-9,15H2,1-3H3,(H,18,19)/t10-,11-,14?/m0/s1. The SMILES string of the molecule is CC[C@H](C)[C@H](N)C(=O)N1CCCC(CC)(C(=O)O)C1. The zero-order valence-electron chi connectivity index (χ0n) is 12.2. The number of carboxylic acid groups (broad SMARTS) is 1. The number of aliphatic carboxylic acids is 1. The Balaban J connectivity index is 2.79. The second-order valence-electron chi connectivity index (χ2n) is 5.71. The van der Waals surface area contributed by atoms with Gasteiger partial charge in [0.2, 0.25) is 5.91 Å². The van der Waals surface area contributed by atoms with E-state index in [1.807, 2.05) is 20.8 Å². The number of carbonyl (C=O) groups is 2. The third kappa shape index (κ3) is 3.26. The van der Waals surface area contributed by atoms with Crippen LogP contribution in [0.1, 0.15) is 46.5 Å². The first kappa shape index (κ1) is 16.0. The van der Waals surface area contributed by atoms with Gasteiger partial charge in [-0.25, -0.2) is 0 Å². The van der Waals surface area contributed by atoms with Gasteiger partial charge in [-0.3, -0.25) is 9.59 Å². The van der Waals surface area contributed by atoms with E-state index in [1.165, 1.54) is 0 Å². The molecule has 0 bridgehead atoms. The summed E-state index contributed by atoms with van der Waals surface area (Å²) in [6, 6.07) is -0.522. The Morgan fingerprint density at radius 2 is 2.05 bits per heavy atom. The molecule has 1 heterocycles. The normalized spacial score (nSPS) is 26.8. The number of rotatable bonds is 5. The highest BCUT2D eigenvalue weighted by molar-refractivity contribution is 5.83. The third-order valence-electron chi connectivity index (χ3n) is 4.56. The van der Waals surface area contributed by atoms with Crippen molar-refractivity contribution in [2.24, 2.45) is 17.1 Å². The lowest BCUT2D eigenvalue weighted by Gasteiger charge is -2.40. The Kier molecular flexibility index (Phi) is 5.35. The molecule has 19 heavy (non-hydrogen) atoms. The molecule has 0 spiro atoms. The van der Waals surface area contributed by atoms with Gasteiger partial charge in [0.05, 0.1) is 11.5 Å². The van der Waals surface area contributed by atoms with E-state index in [9.17, 15) is 14.7 Å². The molecule has 1 aliphatic heterocycles. The topological polar surface area (TPSA) is 83.6 Å². The van der Waals surface area contributed by atoms with E-state index in [4.69, 9.17) is 5.73 Å². The largest absolute Gasteiger partial charge is 0.481 e. The first-order valence-corrected chi connectivity index (χ1v) is 7.15. The fourth-order valence-corrected chi connectivity index (χ4v) is 2.64. The van der Waals surface area contributed by atoms with Crippen molar-refractivity contribution >= 4 is 11.9 Å². The van der Waals surface area contributed by atoms with Crippen LogP contribution in [0, 0.1) is 11.3 Å². The highest BCUT2D eigenvalue weighted by atomic mass is 16.4. The van der Waals surface area contributed by atoms with Crippen LogP contribution in [-0.2, 0) is 9.59 Å². The molecule has 0 aromatic heterocycles. The van der Waals surface area contributed by atoms with Gasteiger partial charge in [0.25, 0.3) is 0 Å². The van der Waals surface area contributed by atoms with E-state index in [2.05, 4.69) is 0 Å². The summed E-state index contributed by atoms with van der Waals surface area (Å²) in [4.78, 5) is 25.4. The Bertz CT molecular complexity index is 346. The number of nitrogens with zero attached hydrogens (tertiary/aromatic N) is 1. The van der Waals surface area contributed by atoms with Crippen molar-refractivity contribution in [2.45, 2.75) is 52.5 Å². The molecule has 0 aromatic carbocycles. The lowest BCUT2D eigenvalue weighted by Crippen LogP contribution is -2.55. The van der Waals surface area contributed by atoms with Crippen LogP contribution < -0.4 is 5.73 Å². The summed E-state index contributed by atoms with van der Waals surface area (Å²) in [5, 5.41) is 9.41. The van der Waals surface area contributed by atoms with Crippen LogP contribution in [0.3, 0.4) is 0 Å². The zero-order valence-corrected chi connectivity index (χ0v) is 12.2. The Hall–Kier alpha value is -1.10. The maximum absolute atomic E-state index is 12.3. The first-order chi connectivity index (χ1) is 8.88. The molecule has 1 aliphatic rings. The monoisotopic (exact) mass is 270 g/mol. The number of piperidine rings is 1. The molecule has 110 valence electrons. The van der Waals surface area contributed by atoms with Gasteiger partial charge in [-0.2, -0.15) is 0 Å². The number of hydrogen-bond acceptors (Lipinski definition) is 3. The first-order valence-electron chi connectivity index (χ1n) is 7.15. The van der Waals surface area contributed by atoms with Crippen molar-refractivity contribution in [1.82, 2.24) is 4.90 Å². The van der Waals surface area contributed by atoms with Gasteiger partial charge in [-0.05, 0) is 25.2 Å². The smallest absolute Gasteiger partial charge is 0.311 e. The Labute approximate surface area is 115 Å². The average molecular weight is 270 g/mol. The molecular formula is C14H26N2O3. The van der Waals surface area contributed by atoms with Crippen molar-refractivity contribution in [1.29, 1.82) is 0 Å². The summed E-state index contributed by atoms with van der Waals surface area (Å²) in [5.41, 5.74) is 5.18. The van der Waals surface area contributed by atoms with E-state index in [0.29, 0.717) is 25.9 Å². The van der Waals surface area contributed by atoms with Crippen molar-refractivity contribution in [3.8, 4) is 0 Å². The molecule has 0 aliphatic carbocycles. The molecule has 1 saturated heterocycles. The highest BCUT2D eigenvalue weighted by Gasteiger charge is 2.43. The molecule has 5 heteroatoms. The molecule has 0 aromatic rings. The molecule has 5 nitrogen and oxygen atoms in total. The summed E-state index contributed by atoms with van der Waals surface area (Å²) in [6.45, 7) is 6.74. The third-order valence-corrected chi connectivity index (χ3v) is 4.56. The van der Waals surface area contributed by atoms with Crippen LogP contribution in [0.15, 0.2) is 0 Å². The number of nitrogens with two attached hydrogens (primary N) is 1. The molecule has 3 N–H and O–H groups in total. The van der Waals surface area contributed by atoms with E-state index in [0.717, 1.165) is 12.8 Å². The van der Waals surface area contributed by atoms with Gasteiger partial charge >= 0.3 is 5.97 Å². The van der Waals surface area contributed by atoms with Crippen LogP contribution in [0.2, 0.25) is 0 Å². The minimum absolute atomic E-state index is 0.104. The number of likely N-dealkylation sites (tertiary alicyclic amines) is 1. The van der Waals surface area contributed by atoms with Crippen molar-refractivity contribution in [3.05, 3.63) is 0 Å². The highest BCUT2D eigenvalue weighted by Crippen LogP contribution is 2.34. The second kappa shape index (κ2) is 6.37. The molecule has 0 radical (unpaired) electrons. The molecule has 1 fully saturated rings. The second-order valence-corrected chi connectivity index (χ2v) is 5.71. The van der Waals surface area contributed by atoms with Gasteiger partial charge in [0.1, 0.15) is 0 Å². The molecule has 1 amide bonds. The summed E-state index contributed by atoms with van der Waals surface area (Å²) < 4.78 is 0. The molecule has 3 atom stereocenters. The number of hydrogen-bond donors (Lipinski definition) is 2. The lowest BCUT2D eigenvalue weighted by atomic mass is 9.77. The maximum atomic E-state index is 12.3. The van der Waals surface area contributed by atoms with E-state index in [1.54, 1.807) is 4.90 Å². The summed E-state index contributed by atoms with van der Waals surface area (Å²) in [6.07, 6.45) is 2.77. The average Bonchev–Trinajstić information content (AvgIpc) is 2.44. The van der Waals surface area contributed by atoms with Crippen molar-refractivity contribution < 1.29 is 14.7 Å². The van der Waals surface area contributed by atoms with Gasteiger partial charge in [0.15, 0.2) is 0 Å². The van der Waals surface area contributed by atoms with E-state index in [-0.39, 0.29) is 11.8 Å². The summed E-state index contributed by atoms with van der Waals surface area (Å²) in [5.74, 6) is -0.784. The minimum atomic E-state index is -0.801. The predicted octanol–water partition coefficient (Wildman–Crippen LogP) is 1.46. The van der Waals surface area contributed by atoms with Crippen LogP contribution in [0.25, 0.3) is 0 Å². The fourth-order valence-electron chi connectivity index (χ4n) is 2.64. The minimum Gasteiger partial charge on any atom is -0.481 e. The van der Waals surface area contributed by atoms with Crippen molar-refractivity contribution in [3.63, 3.8) is 0 Å². The molecule has 1 rings (SSSR count). The van der Waals surface area contributed by atoms with Crippen molar-refractivity contribution in [2.75, 3.05) is 13.1 Å². The predicted molar refractivity (Wildman–Crippen MR) is 73.6 cm³/mol. The maximum Gasteiger partial charge on any atom is 0.311 e. The molecular weight excluding hydrogens is 244 g/mol. The van der Waals surface area contributed by atoms with Crippen LogP contribution in [0.4, 0.5) is 0 Å². The lowest BCUT2D eigenvalue weighted by molar-refractivity contribution is -0.155. The summed E-state index contributed by atoms with van der Waals surface area (Å²) >= 11 is 0. The quantitative estimate of drug-likeness (QED) is 0.792. The number of amides is 1. The Morgan fingerprint density at radius 1 is 1.42 bits per heavy atom.